The predicted molar refractivity (Wildman–Crippen MR) is 120 cm³/mol. The molecule has 0 radical (unpaired) electrons. The third-order valence-corrected chi connectivity index (χ3v) is 5.41. The van der Waals surface area contributed by atoms with Crippen molar-refractivity contribution in [3.05, 3.63) is 87.0 Å². The molecule has 0 bridgehead atoms. The molecule has 2 aromatic heterocycles. The van der Waals surface area contributed by atoms with E-state index in [2.05, 4.69) is 10.3 Å². The highest BCUT2D eigenvalue weighted by Crippen LogP contribution is 2.27. The largest absolute Gasteiger partial charge is 0.485 e. The van der Waals surface area contributed by atoms with Crippen LogP contribution in [0.1, 0.15) is 16.1 Å². The van der Waals surface area contributed by atoms with Gasteiger partial charge in [-0.2, -0.15) is 0 Å². The van der Waals surface area contributed by atoms with Crippen molar-refractivity contribution in [3.8, 4) is 11.5 Å². The summed E-state index contributed by atoms with van der Waals surface area (Å²) in [4.78, 5) is 30.7. The number of rotatable bonds is 7. The Morgan fingerprint density at radius 2 is 1.94 bits per heavy atom. The van der Waals surface area contributed by atoms with E-state index >= 15 is 0 Å². The van der Waals surface area contributed by atoms with Crippen LogP contribution in [0.2, 0.25) is 0 Å². The van der Waals surface area contributed by atoms with Crippen molar-refractivity contribution in [1.29, 1.82) is 0 Å². The zero-order valence-electron chi connectivity index (χ0n) is 17.4. The van der Waals surface area contributed by atoms with Gasteiger partial charge in [0.15, 0.2) is 23.1 Å². The van der Waals surface area contributed by atoms with E-state index in [9.17, 15) is 14.0 Å². The Kier molecular flexibility index (Phi) is 6.18. The molecule has 0 aliphatic heterocycles. The summed E-state index contributed by atoms with van der Waals surface area (Å²) in [5.41, 5.74) is 1.66. The molecule has 0 fully saturated rings. The average molecular weight is 453 g/mol. The minimum Gasteiger partial charge on any atom is -0.485 e. The Balaban J connectivity index is 1.45. The molecule has 2 aromatic carbocycles. The molecule has 0 unspecified atom stereocenters. The number of fused-ring (bicyclic) bond motifs is 1. The summed E-state index contributed by atoms with van der Waals surface area (Å²) in [7, 11) is 0. The monoisotopic (exact) mass is 453 g/mol. The highest BCUT2D eigenvalue weighted by molar-refractivity contribution is 7.16. The summed E-state index contributed by atoms with van der Waals surface area (Å²) >= 11 is 1.42. The third kappa shape index (κ3) is 4.94. The van der Waals surface area contributed by atoms with Crippen LogP contribution in [-0.4, -0.2) is 21.9 Å². The molecule has 0 spiro atoms. The number of nitrogens with zero attached hydrogens (tertiary/aromatic N) is 2. The first-order valence-corrected chi connectivity index (χ1v) is 10.6. The molecule has 0 saturated heterocycles. The molecule has 4 aromatic rings. The second kappa shape index (κ2) is 9.19. The molecule has 32 heavy (non-hydrogen) atoms. The normalized spacial score (nSPS) is 10.8. The quantitative estimate of drug-likeness (QED) is 0.456. The fourth-order valence-electron chi connectivity index (χ4n) is 3.04. The predicted octanol–water partition coefficient (Wildman–Crippen LogP) is 4.11. The molecule has 1 amide bonds. The van der Waals surface area contributed by atoms with E-state index in [0.29, 0.717) is 22.1 Å². The molecule has 0 atom stereocenters. The number of para-hydroxylation sites is 1. The van der Waals surface area contributed by atoms with Gasteiger partial charge in [0.05, 0.1) is 11.4 Å². The van der Waals surface area contributed by atoms with Crippen LogP contribution in [0.4, 0.5) is 10.1 Å². The van der Waals surface area contributed by atoms with Crippen molar-refractivity contribution in [2.24, 2.45) is 0 Å². The van der Waals surface area contributed by atoms with E-state index in [0.717, 1.165) is 10.4 Å². The lowest BCUT2D eigenvalue weighted by molar-refractivity contribution is -0.118. The molecular formula is C23H20FN3O4S. The Labute approximate surface area is 187 Å². The summed E-state index contributed by atoms with van der Waals surface area (Å²) in [5.74, 6) is -0.587. The number of aryl methyl sites for hydroxylation is 2. The number of carbonyl (C=O) groups is 1. The number of nitrogens with one attached hydrogen (secondary N) is 1. The molecule has 0 aliphatic rings. The second-order valence-corrected chi connectivity index (χ2v) is 8.35. The van der Waals surface area contributed by atoms with Gasteiger partial charge >= 0.3 is 0 Å². The van der Waals surface area contributed by atoms with Crippen molar-refractivity contribution < 1.29 is 18.7 Å². The number of hydrogen-bond acceptors (Lipinski definition) is 6. The summed E-state index contributed by atoms with van der Waals surface area (Å²) in [6.45, 7) is 3.48. The number of aromatic nitrogens is 2. The maximum atomic E-state index is 13.7. The molecule has 9 heteroatoms. The zero-order chi connectivity index (χ0) is 22.7. The topological polar surface area (TPSA) is 81.9 Å². The van der Waals surface area contributed by atoms with Gasteiger partial charge in [0.1, 0.15) is 12.4 Å². The zero-order valence-corrected chi connectivity index (χ0v) is 18.2. The molecule has 2 heterocycles. The minimum absolute atomic E-state index is 0.0000620. The highest BCUT2D eigenvalue weighted by Gasteiger charge is 2.12. The van der Waals surface area contributed by atoms with Gasteiger partial charge in [-0.25, -0.2) is 9.37 Å². The van der Waals surface area contributed by atoms with E-state index in [4.69, 9.17) is 9.47 Å². The van der Waals surface area contributed by atoms with Crippen molar-refractivity contribution in [3.63, 3.8) is 0 Å². The summed E-state index contributed by atoms with van der Waals surface area (Å²) in [6, 6.07) is 12.6. The summed E-state index contributed by atoms with van der Waals surface area (Å²) in [5, 5.41) is 2.73. The SMILES string of the molecule is Cc1ccc(OCc2cc(=O)n3cc(C)sc3n2)c(NC(=O)COc2ccccc2F)c1. The fourth-order valence-corrected chi connectivity index (χ4v) is 3.89. The van der Waals surface area contributed by atoms with E-state index in [1.807, 2.05) is 19.9 Å². The molecule has 1 N–H and O–H groups in total. The van der Waals surface area contributed by atoms with Crippen LogP contribution >= 0.6 is 11.3 Å². The number of thiazole rings is 1. The number of ether oxygens (including phenoxy) is 2. The number of amides is 1. The van der Waals surface area contributed by atoms with E-state index in [1.54, 1.807) is 30.5 Å². The maximum absolute atomic E-state index is 13.7. The summed E-state index contributed by atoms with van der Waals surface area (Å²) < 4.78 is 26.3. The first-order valence-electron chi connectivity index (χ1n) is 9.78. The Morgan fingerprint density at radius 1 is 1.12 bits per heavy atom. The van der Waals surface area contributed by atoms with Crippen LogP contribution in [0, 0.1) is 19.7 Å². The standard InChI is InChI=1S/C23H20FN3O4S/c1-14-7-8-20(30-12-16-10-22(29)27-11-15(2)32-23(27)25-16)18(9-14)26-21(28)13-31-19-6-4-3-5-17(19)24/h3-11H,12-13H2,1-2H3,(H,26,28). The molecule has 164 valence electrons. The van der Waals surface area contributed by atoms with Gasteiger partial charge < -0.3 is 14.8 Å². The number of anilines is 1. The number of halogens is 1. The molecule has 0 aliphatic carbocycles. The summed E-state index contributed by atoms with van der Waals surface area (Å²) in [6.07, 6.45) is 1.75. The van der Waals surface area contributed by atoms with Crippen LogP contribution in [0.15, 0.2) is 59.5 Å². The lowest BCUT2D eigenvalue weighted by atomic mass is 10.2. The van der Waals surface area contributed by atoms with Gasteiger partial charge in [0.2, 0.25) is 0 Å². The Bertz CT molecular complexity index is 1350. The van der Waals surface area contributed by atoms with Gasteiger partial charge in [-0.15, -0.1) is 11.3 Å². The van der Waals surface area contributed by atoms with Crippen LogP contribution < -0.4 is 20.3 Å². The molecule has 7 nitrogen and oxygen atoms in total. The van der Waals surface area contributed by atoms with E-state index in [-0.39, 0.29) is 24.5 Å². The third-order valence-electron chi connectivity index (χ3n) is 4.52. The Hall–Kier alpha value is -3.72. The van der Waals surface area contributed by atoms with Crippen LogP contribution in [0.5, 0.6) is 11.5 Å². The molecular weight excluding hydrogens is 433 g/mol. The van der Waals surface area contributed by atoms with Crippen LogP contribution in [-0.2, 0) is 11.4 Å². The molecule has 0 saturated carbocycles. The van der Waals surface area contributed by atoms with Crippen molar-refractivity contribution in [1.82, 2.24) is 9.38 Å². The van der Waals surface area contributed by atoms with Gasteiger partial charge in [-0.3, -0.25) is 14.0 Å². The van der Waals surface area contributed by atoms with Crippen molar-refractivity contribution in [2.75, 3.05) is 11.9 Å². The Morgan fingerprint density at radius 3 is 2.75 bits per heavy atom. The van der Waals surface area contributed by atoms with Crippen molar-refractivity contribution >= 4 is 27.9 Å². The minimum atomic E-state index is -0.541. The van der Waals surface area contributed by atoms with E-state index < -0.39 is 11.7 Å². The first kappa shape index (κ1) is 21.5. The lowest BCUT2D eigenvalue weighted by Crippen LogP contribution is -2.21. The van der Waals surface area contributed by atoms with Crippen molar-refractivity contribution in [2.45, 2.75) is 20.5 Å². The van der Waals surface area contributed by atoms with Gasteiger partial charge in [0, 0.05) is 17.1 Å². The van der Waals surface area contributed by atoms with Gasteiger partial charge in [-0.1, -0.05) is 18.2 Å². The van der Waals surface area contributed by atoms with Gasteiger partial charge in [0.25, 0.3) is 11.5 Å². The van der Waals surface area contributed by atoms with Crippen LogP contribution in [0.25, 0.3) is 4.96 Å². The number of benzene rings is 2. The number of carbonyl (C=O) groups excluding carboxylic acids is 1. The maximum Gasteiger partial charge on any atom is 0.262 e. The smallest absolute Gasteiger partial charge is 0.262 e. The van der Waals surface area contributed by atoms with E-state index in [1.165, 1.54) is 33.9 Å². The highest BCUT2D eigenvalue weighted by atomic mass is 32.1. The fraction of sp³-hybridized carbons (Fsp3) is 0.174. The van der Waals surface area contributed by atoms with Gasteiger partial charge in [-0.05, 0) is 43.7 Å². The first-order chi connectivity index (χ1) is 15.4. The lowest BCUT2D eigenvalue weighted by Gasteiger charge is -2.14. The average Bonchev–Trinajstić information content (AvgIpc) is 3.13. The second-order valence-electron chi connectivity index (χ2n) is 7.14. The molecule has 4 rings (SSSR count). The number of hydrogen-bond donors (Lipinski definition) is 1. The van der Waals surface area contributed by atoms with Crippen LogP contribution in [0.3, 0.4) is 0 Å².